The van der Waals surface area contributed by atoms with E-state index < -0.39 is 0 Å². The number of unbranched alkanes of at least 4 members (excludes halogenated alkanes) is 1. The molecule has 7 rings (SSSR count). The SMILES string of the molecule is C=CCC/C=C/C1=CCNC=C1CCc1cnccc1C(C=C)CC=C.C[B]P.Cc1cc(-c2ccccc2)c2c(n1)C1=C(CC2)C(c2ccccc2)=CC(C)N1. The number of nitrogens with zero attached hydrogens (tertiary/aromatic N) is 2. The zero-order valence-electron chi connectivity index (χ0n) is 34.2. The lowest BCUT2D eigenvalue weighted by atomic mass is 9.80. The standard InChI is InChI=1S/C26H24N2.C24H30N2.CH5BP/c1-17-15-23(19-9-5-3-6-10-19)21-13-14-22-24(20-11-7-4-8-12-20)16-18(2)28-26(22)25(21)27-17;1-4-7-8-9-11-21-14-16-25-18-22(21)12-13-23-19-26-17-15-24(23)20(6-3)10-5-2;1-2-3/h3-12,15-17,27H,13-14H2,1-2H3;4-6,9,11,14-15,17-20,25H,1-3,7-8,10,12-13,16H2;3H2,1H3/b;11-9+;. The summed E-state index contributed by atoms with van der Waals surface area (Å²) in [6, 6.07) is 26.1. The van der Waals surface area contributed by atoms with Crippen molar-refractivity contribution in [2.24, 2.45) is 0 Å². The van der Waals surface area contributed by atoms with E-state index in [1.165, 1.54) is 61.4 Å². The van der Waals surface area contributed by atoms with Crippen LogP contribution in [0.25, 0.3) is 22.4 Å². The molecule has 0 spiro atoms. The summed E-state index contributed by atoms with van der Waals surface area (Å²) in [5.74, 6) is 0.303. The predicted molar refractivity (Wildman–Crippen MR) is 251 cm³/mol. The molecule has 57 heavy (non-hydrogen) atoms. The quantitative estimate of drug-likeness (QED) is 0.0615. The minimum Gasteiger partial charge on any atom is -0.387 e. The van der Waals surface area contributed by atoms with E-state index in [9.17, 15) is 0 Å². The van der Waals surface area contributed by atoms with Crippen LogP contribution < -0.4 is 10.6 Å². The number of allylic oxidation sites excluding steroid dienone is 9. The molecule has 4 heterocycles. The average molecular weight is 770 g/mol. The van der Waals surface area contributed by atoms with Gasteiger partial charge in [-0.25, -0.2) is 0 Å². The number of rotatable bonds is 13. The second-order valence-corrected chi connectivity index (χ2v) is 15.2. The maximum atomic E-state index is 5.00. The van der Waals surface area contributed by atoms with Gasteiger partial charge < -0.3 is 10.6 Å². The fourth-order valence-electron chi connectivity index (χ4n) is 7.67. The Labute approximate surface area is 345 Å². The van der Waals surface area contributed by atoms with Crippen LogP contribution in [-0.4, -0.2) is 29.6 Å². The van der Waals surface area contributed by atoms with Gasteiger partial charge in [0.2, 0.25) is 0 Å². The molecule has 6 heteroatoms. The van der Waals surface area contributed by atoms with E-state index >= 15 is 0 Å². The molecule has 0 fully saturated rings. The summed E-state index contributed by atoms with van der Waals surface area (Å²) in [6.45, 7) is 20.7. The molecule has 0 saturated heterocycles. The van der Waals surface area contributed by atoms with E-state index in [4.69, 9.17) is 4.98 Å². The Morgan fingerprint density at radius 3 is 2.39 bits per heavy atom. The summed E-state index contributed by atoms with van der Waals surface area (Å²) in [4.78, 5) is 9.34. The van der Waals surface area contributed by atoms with Gasteiger partial charge >= 0.3 is 0 Å². The molecule has 2 N–H and O–H groups in total. The number of hydrogen-bond acceptors (Lipinski definition) is 4. The number of aromatic nitrogens is 2. The van der Waals surface area contributed by atoms with Gasteiger partial charge in [-0.15, -0.1) is 19.7 Å². The van der Waals surface area contributed by atoms with Crippen LogP contribution in [-0.2, 0) is 12.8 Å². The highest BCUT2D eigenvalue weighted by Crippen LogP contribution is 2.42. The van der Waals surface area contributed by atoms with Gasteiger partial charge in [-0.1, -0.05) is 110 Å². The molecule has 1 aliphatic carbocycles. The second-order valence-electron chi connectivity index (χ2n) is 14.5. The fraction of sp³-hybridized carbons (Fsp3) is 0.255. The molecular weight excluding hydrogens is 710 g/mol. The van der Waals surface area contributed by atoms with Gasteiger partial charge in [0.15, 0.2) is 0 Å². The first-order valence-corrected chi connectivity index (χ1v) is 21.0. The van der Waals surface area contributed by atoms with Crippen molar-refractivity contribution in [2.45, 2.75) is 77.6 Å². The van der Waals surface area contributed by atoms with Crippen LogP contribution in [0.4, 0.5) is 0 Å². The van der Waals surface area contributed by atoms with E-state index in [0.29, 0.717) is 5.92 Å². The Morgan fingerprint density at radius 2 is 1.68 bits per heavy atom. The van der Waals surface area contributed by atoms with Crippen molar-refractivity contribution in [3.8, 4) is 11.1 Å². The first-order valence-electron chi connectivity index (χ1n) is 20.3. The van der Waals surface area contributed by atoms with Crippen molar-refractivity contribution >= 4 is 27.4 Å². The molecule has 3 aliphatic rings. The number of benzene rings is 2. The Bertz CT molecular complexity index is 2130. The summed E-state index contributed by atoms with van der Waals surface area (Å²) in [5.41, 5.74) is 16.7. The van der Waals surface area contributed by atoms with E-state index in [1.54, 1.807) is 0 Å². The summed E-state index contributed by atoms with van der Waals surface area (Å²) >= 11 is 0. The maximum absolute atomic E-state index is 5.00. The van der Waals surface area contributed by atoms with Gasteiger partial charge in [0.05, 0.1) is 11.4 Å². The van der Waals surface area contributed by atoms with Crippen molar-refractivity contribution in [2.75, 3.05) is 6.54 Å². The normalized spacial score (nSPS) is 15.9. The Morgan fingerprint density at radius 1 is 0.947 bits per heavy atom. The number of fused-ring (bicyclic) bond motifs is 2. The van der Waals surface area contributed by atoms with E-state index in [0.717, 1.165) is 62.9 Å². The minimum atomic E-state index is 0.280. The molecule has 3 atom stereocenters. The summed E-state index contributed by atoms with van der Waals surface area (Å²) in [5, 5.41) is 7.06. The molecule has 0 bridgehead atoms. The first kappa shape index (κ1) is 42.9. The zero-order chi connectivity index (χ0) is 40.4. The monoisotopic (exact) mass is 769 g/mol. The number of hydrogen-bond donors (Lipinski definition) is 2. The topological polar surface area (TPSA) is 49.8 Å². The molecule has 3 unspecified atom stereocenters. The lowest BCUT2D eigenvalue weighted by molar-refractivity contribution is 0.748. The van der Waals surface area contributed by atoms with E-state index in [-0.39, 0.29) is 6.04 Å². The van der Waals surface area contributed by atoms with Gasteiger partial charge in [-0.3, -0.25) is 9.97 Å². The summed E-state index contributed by atoms with van der Waals surface area (Å²) < 4.78 is 0. The highest BCUT2D eigenvalue weighted by molar-refractivity contribution is 7.55. The van der Waals surface area contributed by atoms with Gasteiger partial charge in [0, 0.05) is 42.8 Å². The van der Waals surface area contributed by atoms with Crippen LogP contribution in [0.15, 0.2) is 170 Å². The van der Waals surface area contributed by atoms with Crippen LogP contribution in [0.1, 0.15) is 78.6 Å². The van der Waals surface area contributed by atoms with Crippen molar-refractivity contribution in [1.82, 2.24) is 20.6 Å². The van der Waals surface area contributed by atoms with Crippen LogP contribution >= 0.6 is 9.12 Å². The van der Waals surface area contributed by atoms with E-state index in [1.807, 2.05) is 44.4 Å². The molecule has 2 aromatic heterocycles. The second kappa shape index (κ2) is 22.5. The molecule has 2 aliphatic heterocycles. The largest absolute Gasteiger partial charge is 0.387 e. The van der Waals surface area contributed by atoms with Gasteiger partial charge in [0.1, 0.15) is 7.00 Å². The molecular formula is C51H59BN4P. The molecule has 291 valence electrons. The van der Waals surface area contributed by atoms with E-state index in [2.05, 4.69) is 162 Å². The molecule has 4 aromatic rings. The minimum absolute atomic E-state index is 0.280. The van der Waals surface area contributed by atoms with Crippen molar-refractivity contribution < 1.29 is 0 Å². The van der Waals surface area contributed by atoms with Crippen LogP contribution in [0.2, 0.25) is 6.82 Å². The highest BCUT2D eigenvalue weighted by Gasteiger charge is 2.29. The van der Waals surface area contributed by atoms with Gasteiger partial charge in [0.25, 0.3) is 0 Å². The van der Waals surface area contributed by atoms with Crippen molar-refractivity contribution in [3.05, 3.63) is 204 Å². The Hall–Kier alpha value is -5.25. The van der Waals surface area contributed by atoms with Crippen LogP contribution in [0.5, 0.6) is 0 Å². The average Bonchev–Trinajstić information content (AvgIpc) is 3.24. The van der Waals surface area contributed by atoms with Crippen molar-refractivity contribution in [1.29, 1.82) is 0 Å². The van der Waals surface area contributed by atoms with Crippen molar-refractivity contribution in [3.63, 3.8) is 0 Å². The third-order valence-corrected chi connectivity index (χ3v) is 10.3. The third kappa shape index (κ3) is 11.7. The zero-order valence-corrected chi connectivity index (χ0v) is 35.3. The molecule has 1 radical (unpaired) electrons. The smallest absolute Gasteiger partial charge is 0.134 e. The van der Waals surface area contributed by atoms with Gasteiger partial charge in [-0.05, 0) is 127 Å². The summed E-state index contributed by atoms with van der Waals surface area (Å²) in [7, 11) is 2.45. The molecule has 2 aromatic carbocycles. The molecule has 4 nitrogen and oxygen atoms in total. The number of dihydropyridines is 2. The molecule has 0 amide bonds. The lowest BCUT2D eigenvalue weighted by Gasteiger charge is -2.32. The molecule has 0 saturated carbocycles. The Kier molecular flexibility index (Phi) is 16.9. The summed E-state index contributed by atoms with van der Waals surface area (Å²) in [6.07, 6.45) is 28.0. The number of nitrogens with one attached hydrogen (secondary N) is 2. The number of pyridine rings is 2. The Balaban J connectivity index is 0.000000204. The van der Waals surface area contributed by atoms with Crippen LogP contribution in [0, 0.1) is 6.92 Å². The third-order valence-electron chi connectivity index (χ3n) is 10.3. The lowest BCUT2D eigenvalue weighted by Crippen LogP contribution is -2.31. The first-order chi connectivity index (χ1) is 27.9. The predicted octanol–water partition coefficient (Wildman–Crippen LogP) is 12.1. The fourth-order valence-corrected chi connectivity index (χ4v) is 7.67. The highest BCUT2D eigenvalue weighted by atomic mass is 31.0. The number of aryl methyl sites for hydroxylation is 2. The maximum Gasteiger partial charge on any atom is 0.134 e. The van der Waals surface area contributed by atoms with Crippen LogP contribution in [0.3, 0.4) is 0 Å². The van der Waals surface area contributed by atoms with Gasteiger partial charge in [-0.2, -0.15) is 9.12 Å².